The van der Waals surface area contributed by atoms with Gasteiger partial charge in [0.2, 0.25) is 5.91 Å². The van der Waals surface area contributed by atoms with Gasteiger partial charge in [-0.15, -0.1) is 0 Å². The van der Waals surface area contributed by atoms with E-state index in [1.807, 2.05) is 0 Å². The predicted octanol–water partition coefficient (Wildman–Crippen LogP) is 1.72. The van der Waals surface area contributed by atoms with Crippen LogP contribution in [0, 0.1) is 5.82 Å². The number of amides is 1. The summed E-state index contributed by atoms with van der Waals surface area (Å²) in [5.41, 5.74) is 0.735. The number of methoxy groups -OCH3 is 1. The van der Waals surface area contributed by atoms with Crippen LogP contribution in [-0.4, -0.2) is 32.2 Å². The van der Waals surface area contributed by atoms with E-state index in [0.717, 1.165) is 5.56 Å². The van der Waals surface area contributed by atoms with Crippen molar-refractivity contribution in [2.24, 2.45) is 0 Å². The topological polar surface area (TPSA) is 50.4 Å². The third-order valence-electron chi connectivity index (χ3n) is 2.60. The van der Waals surface area contributed by atoms with Gasteiger partial charge in [-0.3, -0.25) is 4.79 Å². The van der Waals surface area contributed by atoms with Gasteiger partial charge in [-0.25, -0.2) is 4.39 Å². The molecule has 0 aliphatic heterocycles. The lowest BCUT2D eigenvalue weighted by Crippen LogP contribution is -2.42. The largest absolute Gasteiger partial charge is 0.383 e. The Bertz CT molecular complexity index is 429. The number of rotatable bonds is 7. The fourth-order valence-corrected chi connectivity index (χ4v) is 1.56. The summed E-state index contributed by atoms with van der Waals surface area (Å²) in [6.07, 6.45) is 0. The maximum atomic E-state index is 13.2. The van der Waals surface area contributed by atoms with Crippen LogP contribution in [0.5, 0.6) is 0 Å². The van der Waals surface area contributed by atoms with Crippen molar-refractivity contribution in [2.75, 3.05) is 20.3 Å². The molecule has 1 atom stereocenters. The normalized spacial score (nSPS) is 12.2. The third kappa shape index (κ3) is 5.55. The highest BCUT2D eigenvalue weighted by Gasteiger charge is 2.11. The molecule has 0 aliphatic rings. The molecule has 0 saturated carbocycles. The standard InChI is InChI=1S/C13H18ClFN2O2/c1-9(13(18)16-5-6-19-2)17-8-10-3-4-11(14)12(15)7-10/h3-4,7,9,17H,5-6,8H2,1-2H3,(H,16,18). The van der Waals surface area contributed by atoms with E-state index in [9.17, 15) is 9.18 Å². The van der Waals surface area contributed by atoms with Crippen LogP contribution in [0.1, 0.15) is 12.5 Å². The summed E-state index contributed by atoms with van der Waals surface area (Å²) < 4.78 is 18.1. The maximum absolute atomic E-state index is 13.2. The summed E-state index contributed by atoms with van der Waals surface area (Å²) in [6, 6.07) is 4.20. The lowest BCUT2D eigenvalue weighted by Gasteiger charge is -2.14. The Labute approximate surface area is 117 Å². The summed E-state index contributed by atoms with van der Waals surface area (Å²) in [7, 11) is 1.57. The average molecular weight is 289 g/mol. The lowest BCUT2D eigenvalue weighted by atomic mass is 10.2. The molecule has 0 aromatic heterocycles. The van der Waals surface area contributed by atoms with Crippen molar-refractivity contribution in [3.05, 3.63) is 34.6 Å². The van der Waals surface area contributed by atoms with E-state index >= 15 is 0 Å². The molecule has 0 saturated heterocycles. The Hall–Kier alpha value is -1.17. The number of ether oxygens (including phenoxy) is 1. The van der Waals surface area contributed by atoms with Crippen LogP contribution in [0.4, 0.5) is 4.39 Å². The van der Waals surface area contributed by atoms with E-state index in [2.05, 4.69) is 10.6 Å². The van der Waals surface area contributed by atoms with Gasteiger partial charge in [-0.05, 0) is 24.6 Å². The summed E-state index contributed by atoms with van der Waals surface area (Å²) in [6.45, 7) is 3.08. The molecule has 19 heavy (non-hydrogen) atoms. The molecule has 0 fully saturated rings. The van der Waals surface area contributed by atoms with Crippen LogP contribution in [-0.2, 0) is 16.1 Å². The molecule has 1 unspecified atom stereocenters. The second kappa shape index (κ2) is 8.09. The van der Waals surface area contributed by atoms with Gasteiger partial charge < -0.3 is 15.4 Å². The van der Waals surface area contributed by atoms with Gasteiger partial charge in [-0.1, -0.05) is 17.7 Å². The minimum Gasteiger partial charge on any atom is -0.383 e. The number of benzene rings is 1. The molecule has 6 heteroatoms. The molecular weight excluding hydrogens is 271 g/mol. The quantitative estimate of drug-likeness (QED) is 0.751. The summed E-state index contributed by atoms with van der Waals surface area (Å²) >= 11 is 5.59. The molecule has 1 amide bonds. The van der Waals surface area contributed by atoms with Gasteiger partial charge in [-0.2, -0.15) is 0 Å². The number of hydrogen-bond acceptors (Lipinski definition) is 3. The average Bonchev–Trinajstić information content (AvgIpc) is 2.40. The molecule has 0 bridgehead atoms. The van der Waals surface area contributed by atoms with Crippen LogP contribution in [0.25, 0.3) is 0 Å². The van der Waals surface area contributed by atoms with Gasteiger partial charge >= 0.3 is 0 Å². The summed E-state index contributed by atoms with van der Waals surface area (Å²) in [5.74, 6) is -0.579. The Morgan fingerprint density at radius 2 is 2.26 bits per heavy atom. The maximum Gasteiger partial charge on any atom is 0.236 e. The fraction of sp³-hybridized carbons (Fsp3) is 0.462. The van der Waals surface area contributed by atoms with Crippen LogP contribution in [0.3, 0.4) is 0 Å². The minimum atomic E-state index is -0.460. The molecule has 1 aromatic rings. The van der Waals surface area contributed by atoms with Crippen molar-refractivity contribution >= 4 is 17.5 Å². The van der Waals surface area contributed by atoms with E-state index in [1.165, 1.54) is 12.1 Å². The van der Waals surface area contributed by atoms with Gasteiger partial charge in [0.05, 0.1) is 17.7 Å². The van der Waals surface area contributed by atoms with Gasteiger partial charge in [0, 0.05) is 20.2 Å². The lowest BCUT2D eigenvalue weighted by molar-refractivity contribution is -0.122. The number of halogens is 2. The second-order valence-electron chi connectivity index (χ2n) is 4.13. The Morgan fingerprint density at radius 1 is 1.53 bits per heavy atom. The van der Waals surface area contributed by atoms with Gasteiger partial charge in [0.1, 0.15) is 5.82 Å². The molecule has 1 rings (SSSR count). The summed E-state index contributed by atoms with van der Waals surface area (Å²) in [5, 5.41) is 5.82. The van der Waals surface area contributed by atoms with Crippen molar-refractivity contribution in [3.8, 4) is 0 Å². The fourth-order valence-electron chi connectivity index (χ4n) is 1.44. The van der Waals surface area contributed by atoms with Crippen LogP contribution < -0.4 is 10.6 Å². The number of carbonyl (C=O) groups is 1. The first kappa shape index (κ1) is 15.9. The number of carbonyl (C=O) groups excluding carboxylic acids is 1. The molecule has 0 radical (unpaired) electrons. The van der Waals surface area contributed by atoms with Crippen LogP contribution in [0.15, 0.2) is 18.2 Å². The molecule has 0 heterocycles. The zero-order chi connectivity index (χ0) is 14.3. The van der Waals surface area contributed by atoms with E-state index < -0.39 is 5.82 Å². The highest BCUT2D eigenvalue weighted by molar-refractivity contribution is 6.30. The molecule has 106 valence electrons. The van der Waals surface area contributed by atoms with E-state index in [1.54, 1.807) is 20.1 Å². The first-order valence-electron chi connectivity index (χ1n) is 5.98. The highest BCUT2D eigenvalue weighted by Crippen LogP contribution is 2.15. The number of hydrogen-bond donors (Lipinski definition) is 2. The zero-order valence-electron chi connectivity index (χ0n) is 11.0. The third-order valence-corrected chi connectivity index (χ3v) is 2.90. The molecule has 1 aromatic carbocycles. The monoisotopic (exact) mass is 288 g/mol. The van der Waals surface area contributed by atoms with Gasteiger partial charge in [0.15, 0.2) is 0 Å². The first-order valence-corrected chi connectivity index (χ1v) is 6.36. The van der Waals surface area contributed by atoms with Crippen LogP contribution >= 0.6 is 11.6 Å². The van der Waals surface area contributed by atoms with Crippen molar-refractivity contribution in [1.82, 2.24) is 10.6 Å². The first-order chi connectivity index (χ1) is 9.04. The predicted molar refractivity (Wildman–Crippen MR) is 72.6 cm³/mol. The molecule has 0 aliphatic carbocycles. The SMILES string of the molecule is COCCNC(=O)C(C)NCc1ccc(Cl)c(F)c1. The smallest absolute Gasteiger partial charge is 0.236 e. The molecule has 0 spiro atoms. The Balaban J connectivity index is 2.38. The Kier molecular flexibility index (Phi) is 6.77. The zero-order valence-corrected chi connectivity index (χ0v) is 11.8. The van der Waals surface area contributed by atoms with Gasteiger partial charge in [0.25, 0.3) is 0 Å². The highest BCUT2D eigenvalue weighted by atomic mass is 35.5. The molecule has 4 nitrogen and oxygen atoms in total. The molecule has 2 N–H and O–H groups in total. The molecular formula is C13H18ClFN2O2. The van der Waals surface area contributed by atoms with Crippen molar-refractivity contribution in [3.63, 3.8) is 0 Å². The van der Waals surface area contributed by atoms with Crippen molar-refractivity contribution in [2.45, 2.75) is 19.5 Å². The van der Waals surface area contributed by atoms with E-state index in [4.69, 9.17) is 16.3 Å². The van der Waals surface area contributed by atoms with Crippen molar-refractivity contribution < 1.29 is 13.9 Å². The second-order valence-corrected chi connectivity index (χ2v) is 4.54. The summed E-state index contributed by atoms with van der Waals surface area (Å²) in [4.78, 5) is 11.6. The number of nitrogens with one attached hydrogen (secondary N) is 2. The van der Waals surface area contributed by atoms with Crippen LogP contribution in [0.2, 0.25) is 5.02 Å². The van der Waals surface area contributed by atoms with E-state index in [-0.39, 0.29) is 17.0 Å². The minimum absolute atomic E-state index is 0.0918. The van der Waals surface area contributed by atoms with E-state index in [0.29, 0.717) is 19.7 Å². The Morgan fingerprint density at radius 3 is 2.89 bits per heavy atom. The van der Waals surface area contributed by atoms with Crippen molar-refractivity contribution in [1.29, 1.82) is 0 Å².